The van der Waals surface area contributed by atoms with Crippen molar-refractivity contribution < 1.29 is 19.1 Å². The van der Waals surface area contributed by atoms with E-state index in [0.717, 1.165) is 33.8 Å². The summed E-state index contributed by atoms with van der Waals surface area (Å²) in [6.45, 7) is 3.93. The lowest BCUT2D eigenvalue weighted by Crippen LogP contribution is -2.09. The number of halogens is 3. The van der Waals surface area contributed by atoms with Gasteiger partial charge in [-0.25, -0.2) is 9.79 Å². The fourth-order valence-electron chi connectivity index (χ4n) is 2.60. The van der Waals surface area contributed by atoms with E-state index in [1.54, 1.807) is 6.08 Å². The highest BCUT2D eigenvalue weighted by molar-refractivity contribution is 14.1. The molecule has 150 valence electrons. The lowest BCUT2D eigenvalue weighted by Gasteiger charge is -2.09. The molecule has 0 unspecified atom stereocenters. The van der Waals surface area contributed by atoms with Crippen LogP contribution in [0, 0.1) is 17.6 Å². The molecule has 1 aliphatic rings. The number of nitrogens with zero attached hydrogens (tertiary/aromatic N) is 1. The van der Waals surface area contributed by atoms with Gasteiger partial charge in [0.2, 0.25) is 5.90 Å². The normalized spacial score (nSPS) is 14.7. The molecule has 2 aromatic rings. The van der Waals surface area contributed by atoms with Crippen molar-refractivity contribution in [2.45, 2.75) is 26.7 Å². The molecule has 0 bridgehead atoms. The van der Waals surface area contributed by atoms with Crippen molar-refractivity contribution in [2.75, 3.05) is 0 Å². The molecule has 0 N–H and O–H groups in total. The Hall–Kier alpha value is -1.02. The number of carbonyl (C=O) groups excluding carboxylic acids is 2. The number of cyclic esters (lactones) is 1. The Morgan fingerprint density at radius 2 is 1.83 bits per heavy atom. The highest BCUT2D eigenvalue weighted by atomic mass is 127. The van der Waals surface area contributed by atoms with E-state index in [2.05, 4.69) is 72.8 Å². The molecule has 0 aromatic heterocycles. The van der Waals surface area contributed by atoms with Gasteiger partial charge in [-0.15, -0.1) is 0 Å². The summed E-state index contributed by atoms with van der Waals surface area (Å²) in [5.41, 5.74) is 2.88. The lowest BCUT2D eigenvalue weighted by atomic mass is 10.1. The SMILES string of the molecule is CCCC(=O)Oc1c(I)cc(/C=C2\N=C(c3ccc(I)c(C)c3)OC2=O)cc1I. The van der Waals surface area contributed by atoms with Crippen LogP contribution in [0.15, 0.2) is 41.0 Å². The van der Waals surface area contributed by atoms with Crippen molar-refractivity contribution in [3.05, 3.63) is 63.4 Å². The van der Waals surface area contributed by atoms with E-state index in [1.165, 1.54) is 0 Å². The first kappa shape index (κ1) is 22.7. The summed E-state index contributed by atoms with van der Waals surface area (Å²) in [4.78, 5) is 28.5. The van der Waals surface area contributed by atoms with Gasteiger partial charge in [-0.05, 0) is 129 Å². The second-order valence-electron chi connectivity index (χ2n) is 6.34. The van der Waals surface area contributed by atoms with Crippen molar-refractivity contribution in [2.24, 2.45) is 4.99 Å². The summed E-state index contributed by atoms with van der Waals surface area (Å²) in [6.07, 6.45) is 2.79. The van der Waals surface area contributed by atoms with Crippen molar-refractivity contribution >= 4 is 91.7 Å². The van der Waals surface area contributed by atoms with Crippen LogP contribution in [0.1, 0.15) is 36.5 Å². The van der Waals surface area contributed by atoms with E-state index in [9.17, 15) is 9.59 Å². The first-order chi connectivity index (χ1) is 13.8. The summed E-state index contributed by atoms with van der Waals surface area (Å²) in [6, 6.07) is 9.49. The minimum Gasteiger partial charge on any atom is -0.424 e. The Labute approximate surface area is 209 Å². The average molecular weight is 727 g/mol. The number of esters is 2. The van der Waals surface area contributed by atoms with Gasteiger partial charge in [0.15, 0.2) is 11.4 Å². The number of benzene rings is 2. The number of aliphatic imine (C=N–C) groups is 1. The van der Waals surface area contributed by atoms with Gasteiger partial charge in [0.25, 0.3) is 0 Å². The zero-order valence-electron chi connectivity index (χ0n) is 15.6. The quantitative estimate of drug-likeness (QED) is 0.168. The molecule has 0 saturated carbocycles. The molecule has 0 amide bonds. The Balaban J connectivity index is 1.89. The van der Waals surface area contributed by atoms with E-state index < -0.39 is 5.97 Å². The number of hydrogen-bond donors (Lipinski definition) is 0. The first-order valence-corrected chi connectivity index (χ1v) is 12.0. The van der Waals surface area contributed by atoms with Crippen molar-refractivity contribution in [3.63, 3.8) is 0 Å². The number of ether oxygens (including phenoxy) is 2. The monoisotopic (exact) mass is 727 g/mol. The maximum atomic E-state index is 12.3. The van der Waals surface area contributed by atoms with Gasteiger partial charge in [0.05, 0.1) is 7.14 Å². The van der Waals surface area contributed by atoms with E-state index in [-0.39, 0.29) is 11.7 Å². The Kier molecular flexibility index (Phi) is 7.70. The third-order valence-corrected chi connectivity index (χ3v) is 6.83. The van der Waals surface area contributed by atoms with Gasteiger partial charge in [-0.1, -0.05) is 6.92 Å². The van der Waals surface area contributed by atoms with Crippen LogP contribution in [0.25, 0.3) is 6.08 Å². The number of carbonyl (C=O) groups is 2. The Bertz CT molecular complexity index is 1040. The predicted octanol–water partition coefficient (Wildman–Crippen LogP) is 5.86. The summed E-state index contributed by atoms with van der Waals surface area (Å²) >= 11 is 6.50. The number of hydrogen-bond acceptors (Lipinski definition) is 5. The second kappa shape index (κ2) is 9.86. The molecule has 0 fully saturated rings. The van der Waals surface area contributed by atoms with Crippen molar-refractivity contribution in [3.8, 4) is 5.75 Å². The number of aryl methyl sites for hydroxylation is 1. The molecule has 29 heavy (non-hydrogen) atoms. The largest absolute Gasteiger partial charge is 0.424 e. The van der Waals surface area contributed by atoms with E-state index in [1.807, 2.05) is 44.2 Å². The third kappa shape index (κ3) is 5.57. The van der Waals surface area contributed by atoms with Gasteiger partial charge in [-0.2, -0.15) is 0 Å². The molecule has 0 saturated heterocycles. The van der Waals surface area contributed by atoms with Crippen LogP contribution in [-0.4, -0.2) is 17.8 Å². The first-order valence-electron chi connectivity index (χ1n) is 8.77. The molecular formula is C21H16I3NO4. The molecule has 8 heteroatoms. The predicted molar refractivity (Wildman–Crippen MR) is 137 cm³/mol. The van der Waals surface area contributed by atoms with Crippen LogP contribution in [0.2, 0.25) is 0 Å². The standard InChI is InChI=1S/C21H16I3NO4/c1-3-4-18(26)28-19-15(23)8-12(9-16(19)24)10-17-21(27)29-20(25-17)13-5-6-14(22)11(2)7-13/h5-10H,3-4H2,1-2H3/b17-10-. The maximum Gasteiger partial charge on any atom is 0.363 e. The fourth-order valence-corrected chi connectivity index (χ4v) is 4.97. The zero-order chi connectivity index (χ0) is 21.1. The minimum absolute atomic E-state index is 0.235. The summed E-state index contributed by atoms with van der Waals surface area (Å²) in [5, 5.41) is 0. The smallest absolute Gasteiger partial charge is 0.363 e. The summed E-state index contributed by atoms with van der Waals surface area (Å²) in [7, 11) is 0. The molecular weight excluding hydrogens is 711 g/mol. The van der Waals surface area contributed by atoms with Crippen LogP contribution in [0.4, 0.5) is 0 Å². The van der Waals surface area contributed by atoms with Gasteiger partial charge in [0, 0.05) is 15.6 Å². The minimum atomic E-state index is -0.486. The molecule has 3 rings (SSSR count). The van der Waals surface area contributed by atoms with E-state index >= 15 is 0 Å². The maximum absolute atomic E-state index is 12.3. The molecule has 0 radical (unpaired) electrons. The van der Waals surface area contributed by atoms with Crippen LogP contribution >= 0.6 is 67.8 Å². The molecule has 0 spiro atoms. The lowest BCUT2D eigenvalue weighted by molar-refractivity contribution is -0.134. The molecule has 1 aliphatic heterocycles. The second-order valence-corrected chi connectivity index (χ2v) is 9.82. The Morgan fingerprint density at radius 3 is 2.45 bits per heavy atom. The van der Waals surface area contributed by atoms with Crippen LogP contribution in [0.5, 0.6) is 5.75 Å². The van der Waals surface area contributed by atoms with Crippen LogP contribution in [-0.2, 0) is 14.3 Å². The highest BCUT2D eigenvalue weighted by Gasteiger charge is 2.24. The molecule has 2 aromatic carbocycles. The van der Waals surface area contributed by atoms with Gasteiger partial charge >= 0.3 is 11.9 Å². The molecule has 0 atom stereocenters. The topological polar surface area (TPSA) is 65.0 Å². The van der Waals surface area contributed by atoms with Crippen LogP contribution < -0.4 is 4.74 Å². The van der Waals surface area contributed by atoms with Crippen molar-refractivity contribution in [1.82, 2.24) is 0 Å². The third-order valence-electron chi connectivity index (χ3n) is 4.02. The number of rotatable bonds is 5. The van der Waals surface area contributed by atoms with Gasteiger partial charge < -0.3 is 9.47 Å². The van der Waals surface area contributed by atoms with Crippen LogP contribution in [0.3, 0.4) is 0 Å². The van der Waals surface area contributed by atoms with E-state index in [0.29, 0.717) is 18.1 Å². The van der Waals surface area contributed by atoms with Gasteiger partial charge in [-0.3, -0.25) is 4.79 Å². The van der Waals surface area contributed by atoms with Crippen molar-refractivity contribution in [1.29, 1.82) is 0 Å². The zero-order valence-corrected chi connectivity index (χ0v) is 22.1. The van der Waals surface area contributed by atoms with E-state index in [4.69, 9.17) is 9.47 Å². The summed E-state index contributed by atoms with van der Waals surface area (Å²) in [5.74, 6) is 0.102. The molecule has 5 nitrogen and oxygen atoms in total. The fraction of sp³-hybridized carbons (Fsp3) is 0.190. The average Bonchev–Trinajstić information content (AvgIpc) is 3.01. The summed E-state index contributed by atoms with van der Waals surface area (Å²) < 4.78 is 13.5. The highest BCUT2D eigenvalue weighted by Crippen LogP contribution is 2.31. The molecule has 1 heterocycles. The van der Waals surface area contributed by atoms with Gasteiger partial charge in [0.1, 0.15) is 0 Å². The molecule has 0 aliphatic carbocycles. The Morgan fingerprint density at radius 1 is 1.14 bits per heavy atom.